The molecule has 0 saturated carbocycles. The van der Waals surface area contributed by atoms with Gasteiger partial charge in [-0.15, -0.1) is 0 Å². The van der Waals surface area contributed by atoms with Crippen LogP contribution in [0.15, 0.2) is 18.2 Å². The van der Waals surface area contributed by atoms with Crippen LogP contribution in [0.3, 0.4) is 0 Å². The first kappa shape index (κ1) is 12.8. The molecule has 0 radical (unpaired) electrons. The van der Waals surface area contributed by atoms with Gasteiger partial charge in [-0.3, -0.25) is 4.79 Å². The van der Waals surface area contributed by atoms with Crippen molar-refractivity contribution in [3.8, 4) is 5.75 Å². The number of Topliss-reactive ketones (excluding diaryl/α,β-unsaturated/α-hetero) is 1. The van der Waals surface area contributed by atoms with E-state index in [2.05, 4.69) is 6.92 Å². The SMILES string of the molecule is CCCCCOc1ccc(C)cc1C(C)=O. The number of aryl methyl sites for hydroxylation is 1. The van der Waals surface area contributed by atoms with E-state index >= 15 is 0 Å². The normalized spacial score (nSPS) is 10.2. The van der Waals surface area contributed by atoms with E-state index in [1.807, 2.05) is 25.1 Å². The Morgan fingerprint density at radius 1 is 1.31 bits per heavy atom. The van der Waals surface area contributed by atoms with Gasteiger partial charge >= 0.3 is 0 Å². The second-order valence-corrected chi connectivity index (χ2v) is 4.11. The van der Waals surface area contributed by atoms with Crippen molar-refractivity contribution in [3.05, 3.63) is 29.3 Å². The Bertz CT molecular complexity index is 356. The summed E-state index contributed by atoms with van der Waals surface area (Å²) in [5, 5.41) is 0. The monoisotopic (exact) mass is 220 g/mol. The van der Waals surface area contributed by atoms with Crippen molar-refractivity contribution >= 4 is 5.78 Å². The van der Waals surface area contributed by atoms with E-state index in [9.17, 15) is 4.79 Å². The Balaban J connectivity index is 2.67. The van der Waals surface area contributed by atoms with Gasteiger partial charge in [0.2, 0.25) is 0 Å². The van der Waals surface area contributed by atoms with Crippen molar-refractivity contribution in [1.29, 1.82) is 0 Å². The van der Waals surface area contributed by atoms with E-state index in [1.165, 1.54) is 12.8 Å². The standard InChI is InChI=1S/C14H20O2/c1-4-5-6-9-16-14-8-7-11(2)10-13(14)12(3)15/h7-8,10H,4-6,9H2,1-3H3. The maximum absolute atomic E-state index is 11.4. The molecule has 0 atom stereocenters. The molecular weight excluding hydrogens is 200 g/mol. The number of ether oxygens (including phenoxy) is 1. The third kappa shape index (κ3) is 3.69. The van der Waals surface area contributed by atoms with E-state index in [0.29, 0.717) is 17.9 Å². The second-order valence-electron chi connectivity index (χ2n) is 4.11. The molecular formula is C14H20O2. The fourth-order valence-corrected chi connectivity index (χ4v) is 1.58. The molecule has 2 nitrogen and oxygen atoms in total. The van der Waals surface area contributed by atoms with Crippen molar-refractivity contribution in [2.24, 2.45) is 0 Å². The molecule has 0 N–H and O–H groups in total. The van der Waals surface area contributed by atoms with Crippen LogP contribution >= 0.6 is 0 Å². The van der Waals surface area contributed by atoms with Gasteiger partial charge in [-0.05, 0) is 32.4 Å². The van der Waals surface area contributed by atoms with Crippen molar-refractivity contribution < 1.29 is 9.53 Å². The molecule has 0 unspecified atom stereocenters. The predicted octanol–water partition coefficient (Wildman–Crippen LogP) is 3.77. The highest BCUT2D eigenvalue weighted by Gasteiger charge is 2.08. The number of rotatable bonds is 6. The average molecular weight is 220 g/mol. The van der Waals surface area contributed by atoms with Crippen LogP contribution in [0.4, 0.5) is 0 Å². The van der Waals surface area contributed by atoms with Crippen LogP contribution in [0.2, 0.25) is 0 Å². The number of hydrogen-bond donors (Lipinski definition) is 0. The minimum atomic E-state index is 0.0641. The molecule has 0 bridgehead atoms. The molecule has 0 spiro atoms. The van der Waals surface area contributed by atoms with Gasteiger partial charge in [0.15, 0.2) is 5.78 Å². The lowest BCUT2D eigenvalue weighted by atomic mass is 10.1. The Hall–Kier alpha value is -1.31. The molecule has 0 aliphatic rings. The van der Waals surface area contributed by atoms with E-state index < -0.39 is 0 Å². The van der Waals surface area contributed by atoms with Crippen molar-refractivity contribution in [2.75, 3.05) is 6.61 Å². The van der Waals surface area contributed by atoms with Gasteiger partial charge in [-0.2, -0.15) is 0 Å². The topological polar surface area (TPSA) is 26.3 Å². The van der Waals surface area contributed by atoms with Crippen molar-refractivity contribution in [1.82, 2.24) is 0 Å². The highest BCUT2D eigenvalue weighted by atomic mass is 16.5. The van der Waals surface area contributed by atoms with E-state index in [1.54, 1.807) is 6.92 Å². The third-order valence-corrected chi connectivity index (χ3v) is 2.52. The summed E-state index contributed by atoms with van der Waals surface area (Å²) in [5.41, 5.74) is 1.78. The Labute approximate surface area is 97.6 Å². The highest BCUT2D eigenvalue weighted by Crippen LogP contribution is 2.20. The fraction of sp³-hybridized carbons (Fsp3) is 0.500. The molecule has 0 aliphatic carbocycles. The lowest BCUT2D eigenvalue weighted by molar-refractivity contribution is 0.101. The first-order valence-corrected chi connectivity index (χ1v) is 5.89. The van der Waals surface area contributed by atoms with Gasteiger partial charge in [-0.25, -0.2) is 0 Å². The summed E-state index contributed by atoms with van der Waals surface area (Å²) in [6.07, 6.45) is 3.39. The molecule has 1 aromatic rings. The number of benzene rings is 1. The molecule has 0 aromatic heterocycles. The van der Waals surface area contributed by atoms with E-state index in [0.717, 1.165) is 12.0 Å². The van der Waals surface area contributed by atoms with Crippen molar-refractivity contribution in [2.45, 2.75) is 40.0 Å². The lowest BCUT2D eigenvalue weighted by Gasteiger charge is -2.10. The molecule has 2 heteroatoms. The fourth-order valence-electron chi connectivity index (χ4n) is 1.58. The summed E-state index contributed by atoms with van der Waals surface area (Å²) in [6.45, 7) is 6.41. The molecule has 1 aromatic carbocycles. The lowest BCUT2D eigenvalue weighted by Crippen LogP contribution is -2.03. The molecule has 0 aliphatic heterocycles. The van der Waals surface area contributed by atoms with Gasteiger partial charge < -0.3 is 4.74 Å². The van der Waals surface area contributed by atoms with Gasteiger partial charge in [0, 0.05) is 0 Å². The van der Waals surface area contributed by atoms with Gasteiger partial charge in [-0.1, -0.05) is 31.4 Å². The number of unbranched alkanes of at least 4 members (excludes halogenated alkanes) is 2. The van der Waals surface area contributed by atoms with Crippen LogP contribution in [-0.4, -0.2) is 12.4 Å². The van der Waals surface area contributed by atoms with Crippen molar-refractivity contribution in [3.63, 3.8) is 0 Å². The average Bonchev–Trinajstić information content (AvgIpc) is 2.26. The number of ketones is 1. The first-order valence-electron chi connectivity index (χ1n) is 5.89. The van der Waals surface area contributed by atoms with Crippen LogP contribution in [0.1, 0.15) is 49.0 Å². The van der Waals surface area contributed by atoms with Gasteiger partial charge in [0.1, 0.15) is 5.75 Å². The smallest absolute Gasteiger partial charge is 0.163 e. The summed E-state index contributed by atoms with van der Waals surface area (Å²) in [6, 6.07) is 5.75. The van der Waals surface area contributed by atoms with Gasteiger partial charge in [0.25, 0.3) is 0 Å². The zero-order chi connectivity index (χ0) is 12.0. The van der Waals surface area contributed by atoms with E-state index in [4.69, 9.17) is 4.74 Å². The molecule has 0 fully saturated rings. The molecule has 16 heavy (non-hydrogen) atoms. The van der Waals surface area contributed by atoms with Crippen LogP contribution in [0.5, 0.6) is 5.75 Å². The third-order valence-electron chi connectivity index (χ3n) is 2.52. The molecule has 1 rings (SSSR count). The number of hydrogen-bond acceptors (Lipinski definition) is 2. The van der Waals surface area contributed by atoms with Crippen LogP contribution in [0.25, 0.3) is 0 Å². The Morgan fingerprint density at radius 2 is 2.06 bits per heavy atom. The first-order chi connectivity index (χ1) is 7.65. The summed E-state index contributed by atoms with van der Waals surface area (Å²) >= 11 is 0. The molecule has 0 saturated heterocycles. The zero-order valence-corrected chi connectivity index (χ0v) is 10.4. The maximum atomic E-state index is 11.4. The number of carbonyl (C=O) groups is 1. The molecule has 0 heterocycles. The Kier molecular flexibility index (Phi) is 5.03. The highest BCUT2D eigenvalue weighted by molar-refractivity contribution is 5.97. The van der Waals surface area contributed by atoms with Gasteiger partial charge in [0.05, 0.1) is 12.2 Å². The summed E-state index contributed by atoms with van der Waals surface area (Å²) < 4.78 is 5.63. The number of carbonyl (C=O) groups excluding carboxylic acids is 1. The minimum Gasteiger partial charge on any atom is -0.493 e. The van der Waals surface area contributed by atoms with Crippen LogP contribution in [-0.2, 0) is 0 Å². The quantitative estimate of drug-likeness (QED) is 0.539. The molecule has 0 amide bonds. The maximum Gasteiger partial charge on any atom is 0.163 e. The molecule has 88 valence electrons. The Morgan fingerprint density at radius 3 is 2.69 bits per heavy atom. The largest absolute Gasteiger partial charge is 0.493 e. The summed E-state index contributed by atoms with van der Waals surface area (Å²) in [5.74, 6) is 0.781. The minimum absolute atomic E-state index is 0.0641. The predicted molar refractivity (Wildman–Crippen MR) is 66.2 cm³/mol. The second kappa shape index (κ2) is 6.31. The van der Waals surface area contributed by atoms with Crippen LogP contribution < -0.4 is 4.74 Å². The summed E-state index contributed by atoms with van der Waals surface area (Å²) in [4.78, 5) is 11.4. The summed E-state index contributed by atoms with van der Waals surface area (Å²) in [7, 11) is 0. The van der Waals surface area contributed by atoms with E-state index in [-0.39, 0.29) is 5.78 Å². The van der Waals surface area contributed by atoms with Crippen LogP contribution in [0, 0.1) is 6.92 Å². The zero-order valence-electron chi connectivity index (χ0n) is 10.4.